The molecule has 0 bridgehead atoms. The Labute approximate surface area is 574 Å². The van der Waals surface area contributed by atoms with Crippen LogP contribution in [-0.2, 0) is 0 Å². The van der Waals surface area contributed by atoms with Gasteiger partial charge in [0.2, 0.25) is 0 Å². The molecule has 0 aliphatic carbocycles. The molecule has 0 amide bonds. The first-order valence-corrected chi connectivity index (χ1v) is 34.6. The number of benzene rings is 15. The average Bonchev–Trinajstić information content (AvgIpc) is 1.57. The summed E-state index contributed by atoms with van der Waals surface area (Å²) in [5.41, 5.74) is 19.3. The van der Waals surface area contributed by atoms with Crippen molar-refractivity contribution in [2.75, 3.05) is 19.6 Å². The second-order valence-corrected chi connectivity index (χ2v) is 26.5. The number of hydrogen-bond donors (Lipinski definition) is 0. The first-order valence-electron chi connectivity index (χ1n) is 32.9. The lowest BCUT2D eigenvalue weighted by Gasteiger charge is -2.27. The van der Waals surface area contributed by atoms with E-state index in [0.29, 0.717) is 0 Å². The third kappa shape index (κ3) is 10.6. The molecule has 0 saturated heterocycles. The van der Waals surface area contributed by atoms with Crippen LogP contribution >= 0.6 is 22.7 Å². The zero-order chi connectivity index (χ0) is 64.9. The van der Waals surface area contributed by atoms with Crippen molar-refractivity contribution >= 4 is 175 Å². The van der Waals surface area contributed by atoms with Crippen LogP contribution in [-0.4, -0.2) is 0 Å². The van der Waals surface area contributed by atoms with Crippen molar-refractivity contribution in [1.29, 1.82) is 0 Å². The van der Waals surface area contributed by atoms with E-state index in [2.05, 4.69) is 359 Å². The van der Waals surface area contributed by atoms with Crippen LogP contribution in [0.2, 0.25) is 0 Å². The Morgan fingerprint density at radius 1 is 0.184 bits per heavy atom. The Balaban J connectivity index is 0.000000143. The van der Waals surface area contributed by atoms with Crippen LogP contribution in [0.25, 0.3) is 95.3 Å². The zero-order valence-electron chi connectivity index (χ0n) is 53.1. The van der Waals surface area contributed by atoms with Gasteiger partial charge in [0.1, 0.15) is 22.3 Å². The van der Waals surface area contributed by atoms with Gasteiger partial charge in [-0.3, -0.25) is 0 Å². The van der Waals surface area contributed by atoms with E-state index in [1.807, 2.05) is 46.9 Å². The quantitative estimate of drug-likeness (QED) is 0.115. The molecule has 15 aromatic carbocycles. The lowest BCUT2D eigenvalue weighted by molar-refractivity contribution is 0.668. The van der Waals surface area contributed by atoms with Crippen LogP contribution in [0.15, 0.2) is 373 Å². The highest BCUT2D eigenvalue weighted by Crippen LogP contribution is 2.50. The summed E-state index contributed by atoms with van der Waals surface area (Å²) in [7, 11) is 0. The van der Waals surface area contributed by atoms with Crippen LogP contribution < -0.4 is 19.6 Å². The van der Waals surface area contributed by atoms with Crippen molar-refractivity contribution in [3.8, 4) is 11.1 Å². The number of rotatable bonds is 13. The van der Waals surface area contributed by atoms with Gasteiger partial charge in [-0.2, -0.15) is 0 Å². The van der Waals surface area contributed by atoms with E-state index in [0.717, 1.165) is 112 Å². The Morgan fingerprint density at radius 2 is 0.480 bits per heavy atom. The highest BCUT2D eigenvalue weighted by Gasteiger charge is 2.24. The Bertz CT molecular complexity index is 6040. The van der Waals surface area contributed by atoms with E-state index in [1.165, 1.54) is 51.5 Å². The number of hydrogen-bond acceptors (Lipinski definition) is 8. The van der Waals surface area contributed by atoms with Crippen molar-refractivity contribution in [2.45, 2.75) is 0 Å². The van der Waals surface area contributed by atoms with Gasteiger partial charge in [-0.1, -0.05) is 194 Å². The van der Waals surface area contributed by atoms with E-state index in [9.17, 15) is 0 Å². The molecule has 0 N–H and O–H groups in total. The van der Waals surface area contributed by atoms with Gasteiger partial charge < -0.3 is 28.4 Å². The van der Waals surface area contributed by atoms with Crippen molar-refractivity contribution < 1.29 is 8.83 Å². The Hall–Kier alpha value is -12.5. The molecule has 6 nitrogen and oxygen atoms in total. The summed E-state index contributed by atoms with van der Waals surface area (Å²) in [4.78, 5) is 9.39. The monoisotopic (exact) mass is 1290 g/mol. The maximum atomic E-state index is 6.37. The van der Waals surface area contributed by atoms with Crippen molar-refractivity contribution in [1.82, 2.24) is 0 Å². The second kappa shape index (κ2) is 25.0. The summed E-state index contributed by atoms with van der Waals surface area (Å²) in [6.07, 6.45) is 0. The molecule has 0 saturated carbocycles. The second-order valence-electron chi connectivity index (χ2n) is 24.4. The van der Waals surface area contributed by atoms with E-state index in [4.69, 9.17) is 8.83 Å². The number of para-hydroxylation sites is 7. The average molecular weight is 1290 g/mol. The minimum absolute atomic E-state index is 0.879. The molecule has 19 aromatic rings. The van der Waals surface area contributed by atoms with E-state index in [-0.39, 0.29) is 0 Å². The van der Waals surface area contributed by atoms with Gasteiger partial charge in [-0.05, 0) is 169 Å². The number of fused-ring (bicyclic) bond motifs is 12. The van der Waals surface area contributed by atoms with E-state index < -0.39 is 0 Å². The maximum absolute atomic E-state index is 6.37. The molecule has 0 radical (unpaired) electrons. The summed E-state index contributed by atoms with van der Waals surface area (Å²) < 4.78 is 17.7. The molecular weight excluding hydrogens is 1230 g/mol. The molecule has 0 unspecified atom stereocenters. The number of thiophene rings is 2. The van der Waals surface area contributed by atoms with Gasteiger partial charge in [0, 0.05) is 131 Å². The SMILES string of the molecule is c1ccc(-c2ccc(N(c3ccccc3)c3ccc4c(c3)sc3cccc(N(c5ccccc5)c5ccc6c(c5)oc5ccccc56)c34)cc2)cc1.c1ccc(N(c2ccccc2)c2ccc3c(c2)sc2cccc(N(c4ccccc4)c4ccc5c(c4)oc4ccccc45)c23)cc1. The topological polar surface area (TPSA) is 39.2 Å². The standard InChI is InChI=1S/C48H32N2OS.C42H28N2OS/c1-4-13-33(14-5-1)34-23-25-37(26-24-34)49(35-15-6-2-7-16-35)39-28-30-42-47(32-39)52-46-22-12-20-43(48(42)46)50(36-17-8-3-9-18-36)38-27-29-41-40-19-10-11-21-44(40)51-45(41)31-38;1-4-13-29(14-5-1)43(30-15-6-2-7-16-30)33-24-26-36-41(28-33)46-40-22-12-20-37(42(36)40)44(31-17-8-3-9-18-31)32-23-25-35-34-19-10-11-21-38(34)45-39(35)27-32/h1-32H;1-28H. The van der Waals surface area contributed by atoms with E-state index in [1.54, 1.807) is 0 Å². The summed E-state index contributed by atoms with van der Waals surface area (Å²) >= 11 is 3.68. The predicted octanol–water partition coefficient (Wildman–Crippen LogP) is 27.5. The van der Waals surface area contributed by atoms with E-state index >= 15 is 0 Å². The first kappa shape index (κ1) is 58.1. The number of nitrogens with zero attached hydrogens (tertiary/aromatic N) is 4. The van der Waals surface area contributed by atoms with Crippen LogP contribution in [0.1, 0.15) is 0 Å². The fraction of sp³-hybridized carbons (Fsp3) is 0. The highest BCUT2D eigenvalue weighted by atomic mass is 32.1. The fourth-order valence-electron chi connectivity index (χ4n) is 14.0. The lowest BCUT2D eigenvalue weighted by Crippen LogP contribution is -2.10. The summed E-state index contributed by atoms with van der Waals surface area (Å²) in [6, 6.07) is 129. The molecule has 8 heteroatoms. The molecule has 464 valence electrons. The summed E-state index contributed by atoms with van der Waals surface area (Å²) in [6.45, 7) is 0. The van der Waals surface area contributed by atoms with Gasteiger partial charge in [-0.25, -0.2) is 0 Å². The molecule has 0 fully saturated rings. The molecule has 0 aliphatic heterocycles. The van der Waals surface area contributed by atoms with Crippen molar-refractivity contribution in [3.05, 3.63) is 364 Å². The van der Waals surface area contributed by atoms with Crippen LogP contribution in [0, 0.1) is 0 Å². The number of anilines is 12. The van der Waals surface area contributed by atoms with Crippen LogP contribution in [0.4, 0.5) is 68.2 Å². The fourth-order valence-corrected chi connectivity index (χ4v) is 16.3. The van der Waals surface area contributed by atoms with Crippen LogP contribution in [0.5, 0.6) is 0 Å². The summed E-state index contributed by atoms with van der Waals surface area (Å²) in [5.74, 6) is 0. The maximum Gasteiger partial charge on any atom is 0.137 e. The van der Waals surface area contributed by atoms with Crippen molar-refractivity contribution in [3.63, 3.8) is 0 Å². The Morgan fingerprint density at radius 3 is 0.878 bits per heavy atom. The molecule has 4 heterocycles. The minimum Gasteiger partial charge on any atom is -0.456 e. The lowest BCUT2D eigenvalue weighted by atomic mass is 10.0. The number of furan rings is 2. The van der Waals surface area contributed by atoms with Gasteiger partial charge in [0.05, 0.1) is 11.4 Å². The highest BCUT2D eigenvalue weighted by molar-refractivity contribution is 7.26. The molecular formula is C90H60N4O2S2. The van der Waals surface area contributed by atoms with Gasteiger partial charge >= 0.3 is 0 Å². The van der Waals surface area contributed by atoms with Gasteiger partial charge in [0.15, 0.2) is 0 Å². The zero-order valence-corrected chi connectivity index (χ0v) is 54.7. The smallest absolute Gasteiger partial charge is 0.137 e. The van der Waals surface area contributed by atoms with Crippen LogP contribution in [0.3, 0.4) is 0 Å². The predicted molar refractivity (Wildman–Crippen MR) is 417 cm³/mol. The van der Waals surface area contributed by atoms with Gasteiger partial charge in [0.25, 0.3) is 0 Å². The molecule has 19 rings (SSSR count). The first-order chi connectivity index (χ1) is 48.6. The molecule has 0 atom stereocenters. The largest absolute Gasteiger partial charge is 0.456 e. The van der Waals surface area contributed by atoms with Crippen molar-refractivity contribution in [2.24, 2.45) is 0 Å². The normalized spacial score (nSPS) is 11.5. The molecule has 0 aliphatic rings. The third-order valence-corrected chi connectivity index (χ3v) is 20.7. The molecule has 4 aromatic heterocycles. The Kier molecular flexibility index (Phi) is 14.8. The molecule has 98 heavy (non-hydrogen) atoms. The minimum atomic E-state index is 0.879. The third-order valence-electron chi connectivity index (χ3n) is 18.5. The van der Waals surface area contributed by atoms with Gasteiger partial charge in [-0.15, -0.1) is 22.7 Å². The summed E-state index contributed by atoms with van der Waals surface area (Å²) in [5, 5.41) is 9.47. The molecule has 0 spiro atoms.